The fourth-order valence-electron chi connectivity index (χ4n) is 3.96. The summed E-state index contributed by atoms with van der Waals surface area (Å²) in [5.74, 6) is -0.238. The zero-order valence-electron chi connectivity index (χ0n) is 17.3. The number of likely N-dealkylation sites (N-methyl/N-ethyl adjacent to an activating group) is 1. The van der Waals surface area contributed by atoms with Gasteiger partial charge in [-0.05, 0) is 36.7 Å². The number of aryl methyl sites for hydroxylation is 1. The number of benzene rings is 1. The highest BCUT2D eigenvalue weighted by atomic mass is 32.2. The molecule has 0 bridgehead atoms. The van der Waals surface area contributed by atoms with Gasteiger partial charge in [-0.15, -0.1) is 0 Å². The van der Waals surface area contributed by atoms with Crippen LogP contribution in [0.25, 0.3) is 0 Å². The first-order valence-electron chi connectivity index (χ1n) is 10.5. The summed E-state index contributed by atoms with van der Waals surface area (Å²) in [6.07, 6.45) is 2.31. The predicted octanol–water partition coefficient (Wildman–Crippen LogP) is 1.56. The number of nitrogens with zero attached hydrogens (tertiary/aromatic N) is 3. The lowest BCUT2D eigenvalue weighted by molar-refractivity contribution is 0.0951. The van der Waals surface area contributed by atoms with Crippen molar-refractivity contribution >= 4 is 21.6 Å². The third kappa shape index (κ3) is 4.69. The van der Waals surface area contributed by atoms with Crippen LogP contribution in [0.15, 0.2) is 41.4 Å². The minimum Gasteiger partial charge on any atom is -0.351 e. The summed E-state index contributed by atoms with van der Waals surface area (Å²) in [6, 6.07) is 8.96. The van der Waals surface area contributed by atoms with Crippen molar-refractivity contribution in [2.45, 2.75) is 31.3 Å². The van der Waals surface area contributed by atoms with Crippen molar-refractivity contribution in [3.63, 3.8) is 0 Å². The summed E-state index contributed by atoms with van der Waals surface area (Å²) >= 11 is 0. The van der Waals surface area contributed by atoms with E-state index >= 15 is 0 Å². The summed E-state index contributed by atoms with van der Waals surface area (Å²) in [6.45, 7) is 9.65. The molecule has 2 aliphatic rings. The van der Waals surface area contributed by atoms with E-state index in [1.54, 1.807) is 16.7 Å². The van der Waals surface area contributed by atoms with Crippen LogP contribution in [0.1, 0.15) is 29.4 Å². The fourth-order valence-corrected chi connectivity index (χ4v) is 5.06. The lowest BCUT2D eigenvalue weighted by atomic mass is 10.2. The molecule has 1 aromatic heterocycles. The van der Waals surface area contributed by atoms with Crippen molar-refractivity contribution in [1.29, 1.82) is 0 Å². The number of rotatable bonds is 6. The first-order chi connectivity index (χ1) is 14.4. The van der Waals surface area contributed by atoms with Crippen molar-refractivity contribution in [3.05, 3.63) is 47.8 Å². The Morgan fingerprint density at radius 1 is 1.03 bits per heavy atom. The van der Waals surface area contributed by atoms with Gasteiger partial charge in [0.1, 0.15) is 10.6 Å². The van der Waals surface area contributed by atoms with Crippen LogP contribution < -0.4 is 10.0 Å². The highest BCUT2D eigenvalue weighted by Gasteiger charge is 2.23. The number of aromatic nitrogens is 1. The lowest BCUT2D eigenvalue weighted by Crippen LogP contribution is -2.45. The molecule has 8 nitrogen and oxygen atoms in total. The Labute approximate surface area is 177 Å². The summed E-state index contributed by atoms with van der Waals surface area (Å²) in [5.41, 5.74) is 2.06. The van der Waals surface area contributed by atoms with Gasteiger partial charge >= 0.3 is 0 Å². The second kappa shape index (κ2) is 8.79. The quantitative estimate of drug-likeness (QED) is 0.725. The Hall–Kier alpha value is -2.36. The van der Waals surface area contributed by atoms with Gasteiger partial charge in [0.25, 0.3) is 15.9 Å². The van der Waals surface area contributed by atoms with Crippen molar-refractivity contribution in [2.24, 2.45) is 0 Å². The normalized spacial score (nSPS) is 18.5. The molecule has 3 heterocycles. The van der Waals surface area contributed by atoms with Crippen LogP contribution >= 0.6 is 0 Å². The van der Waals surface area contributed by atoms with E-state index in [9.17, 15) is 13.2 Å². The van der Waals surface area contributed by atoms with Crippen LogP contribution in [0, 0.1) is 0 Å². The van der Waals surface area contributed by atoms with Crippen molar-refractivity contribution < 1.29 is 13.2 Å². The van der Waals surface area contributed by atoms with Crippen LogP contribution in [-0.2, 0) is 23.1 Å². The maximum atomic E-state index is 12.8. The summed E-state index contributed by atoms with van der Waals surface area (Å²) in [7, 11) is -3.76. The molecule has 1 saturated heterocycles. The Morgan fingerprint density at radius 2 is 1.73 bits per heavy atom. The number of piperazine rings is 1. The average molecular weight is 432 g/mol. The van der Waals surface area contributed by atoms with Gasteiger partial charge in [-0.1, -0.05) is 19.1 Å². The van der Waals surface area contributed by atoms with E-state index in [4.69, 9.17) is 0 Å². The number of carbonyl (C=O) groups excluding carboxylic acids is 1. The lowest BCUT2D eigenvalue weighted by Gasteiger charge is -2.34. The van der Waals surface area contributed by atoms with Crippen LogP contribution in [0.4, 0.5) is 5.69 Å². The van der Waals surface area contributed by atoms with E-state index in [1.165, 1.54) is 12.3 Å². The van der Waals surface area contributed by atoms with Crippen LogP contribution in [-0.4, -0.2) is 68.0 Å². The Bertz CT molecular complexity index is 992. The van der Waals surface area contributed by atoms with Crippen LogP contribution in [0.3, 0.4) is 0 Å². The molecule has 0 atom stereocenters. The second-order valence-corrected chi connectivity index (χ2v) is 9.56. The van der Waals surface area contributed by atoms with E-state index in [1.807, 2.05) is 12.1 Å². The molecule has 0 aliphatic carbocycles. The molecule has 2 aromatic rings. The Balaban J connectivity index is 1.40. The Kier molecular flexibility index (Phi) is 6.12. The Morgan fingerprint density at radius 3 is 2.43 bits per heavy atom. The summed E-state index contributed by atoms with van der Waals surface area (Å²) in [4.78, 5) is 17.1. The number of fused-ring (bicyclic) bond motifs is 1. The topological polar surface area (TPSA) is 86.7 Å². The van der Waals surface area contributed by atoms with E-state index < -0.39 is 10.0 Å². The van der Waals surface area contributed by atoms with Gasteiger partial charge in [-0.3, -0.25) is 14.4 Å². The number of nitrogens with one attached hydrogen (secondary N) is 2. The van der Waals surface area contributed by atoms with Crippen LogP contribution in [0.5, 0.6) is 0 Å². The summed E-state index contributed by atoms with van der Waals surface area (Å²) in [5, 5.41) is 2.78. The monoisotopic (exact) mass is 431 g/mol. The number of carbonyl (C=O) groups is 1. The second-order valence-electron chi connectivity index (χ2n) is 7.88. The number of amides is 1. The number of anilines is 1. The van der Waals surface area contributed by atoms with Crippen molar-refractivity contribution in [1.82, 2.24) is 19.7 Å². The van der Waals surface area contributed by atoms with Gasteiger partial charge in [0.05, 0.1) is 0 Å². The molecular formula is C21H29N5O3S. The first-order valence-corrected chi connectivity index (χ1v) is 12.0. The van der Waals surface area contributed by atoms with E-state index in [-0.39, 0.29) is 10.8 Å². The molecule has 1 amide bonds. The van der Waals surface area contributed by atoms with Gasteiger partial charge in [-0.2, -0.15) is 0 Å². The molecule has 2 N–H and O–H groups in total. The van der Waals surface area contributed by atoms with E-state index in [2.05, 4.69) is 26.8 Å². The third-order valence-corrected chi connectivity index (χ3v) is 7.15. The molecule has 162 valence electrons. The standard InChI is InChI=1S/C21H29N5O3S/c1-2-24-10-12-25(13-11-24)15-17-4-6-18(7-5-17)23-30(28,29)19-14-20-21(27)22-8-3-9-26(20)16-19/h4-7,14,16,23H,2-3,8-13,15H2,1H3,(H,22,27). The largest absolute Gasteiger partial charge is 0.351 e. The third-order valence-electron chi connectivity index (χ3n) is 5.80. The van der Waals surface area contributed by atoms with E-state index in [0.29, 0.717) is 24.5 Å². The maximum Gasteiger partial charge on any atom is 0.267 e. The van der Waals surface area contributed by atoms with Gasteiger partial charge in [0, 0.05) is 57.7 Å². The molecule has 1 fully saturated rings. The molecule has 9 heteroatoms. The molecule has 2 aliphatic heterocycles. The highest BCUT2D eigenvalue weighted by molar-refractivity contribution is 7.92. The molecule has 4 rings (SSSR count). The minimum atomic E-state index is -3.76. The SMILES string of the molecule is CCN1CCN(Cc2ccc(NS(=O)(=O)c3cc4n(c3)CCCNC4=O)cc2)CC1. The van der Waals surface area contributed by atoms with Gasteiger partial charge in [0.15, 0.2) is 0 Å². The summed E-state index contributed by atoms with van der Waals surface area (Å²) < 4.78 is 29.9. The zero-order chi connectivity index (χ0) is 21.1. The number of hydrogen-bond acceptors (Lipinski definition) is 5. The number of sulfonamides is 1. The van der Waals surface area contributed by atoms with Gasteiger partial charge in [0.2, 0.25) is 0 Å². The maximum absolute atomic E-state index is 12.8. The van der Waals surface area contributed by atoms with Crippen molar-refractivity contribution in [2.75, 3.05) is 44.0 Å². The van der Waals surface area contributed by atoms with Crippen LogP contribution in [0.2, 0.25) is 0 Å². The average Bonchev–Trinajstić information content (AvgIpc) is 3.11. The molecule has 0 spiro atoms. The zero-order valence-corrected chi connectivity index (χ0v) is 18.1. The first kappa shape index (κ1) is 20.9. The molecule has 0 saturated carbocycles. The predicted molar refractivity (Wildman–Crippen MR) is 116 cm³/mol. The van der Waals surface area contributed by atoms with Crippen molar-refractivity contribution in [3.8, 4) is 0 Å². The molecule has 0 radical (unpaired) electrons. The highest BCUT2D eigenvalue weighted by Crippen LogP contribution is 2.21. The van der Waals surface area contributed by atoms with Gasteiger partial charge < -0.3 is 14.8 Å². The smallest absolute Gasteiger partial charge is 0.267 e. The molecule has 30 heavy (non-hydrogen) atoms. The fraction of sp³-hybridized carbons (Fsp3) is 0.476. The molecule has 1 aromatic carbocycles. The van der Waals surface area contributed by atoms with Gasteiger partial charge in [-0.25, -0.2) is 8.42 Å². The minimum absolute atomic E-state index is 0.104. The number of hydrogen-bond donors (Lipinski definition) is 2. The molecule has 0 unspecified atom stereocenters. The van der Waals surface area contributed by atoms with E-state index in [0.717, 1.165) is 51.3 Å². The molecular weight excluding hydrogens is 402 g/mol.